The second-order valence-electron chi connectivity index (χ2n) is 9.09. The number of rotatable bonds is 17. The predicted octanol–water partition coefficient (Wildman–Crippen LogP) is -0.500. The number of carboxylic acids is 2. The lowest BCUT2D eigenvalue weighted by Crippen LogP contribution is -2.58. The monoisotopic (exact) mass is 564 g/mol. The fourth-order valence-electron chi connectivity index (χ4n) is 3.91. The number of para-hydroxylation sites is 1. The summed E-state index contributed by atoms with van der Waals surface area (Å²) in [6.45, 7) is 0.467. The number of aliphatic carboxylic acids is 2. The number of aromatic amines is 1. The van der Waals surface area contributed by atoms with Crippen LogP contribution in [0.4, 0.5) is 0 Å². The number of unbranched alkanes of at least 4 members (excludes halogenated alkanes) is 1. The Morgan fingerprint density at radius 1 is 0.897 bits per heavy atom. The largest absolute Gasteiger partial charge is 0.481 e. The summed E-state index contributed by atoms with van der Waals surface area (Å²) in [6.07, 6.45) is 2.56. The number of fused-ring (bicyclic) bond motifs is 1. The molecule has 14 heteroatoms. The molecule has 1 aromatic heterocycles. The lowest BCUT2D eigenvalue weighted by Gasteiger charge is -2.24. The number of benzene rings is 1. The zero-order chi connectivity index (χ0) is 28.9. The first-order valence-corrected chi connectivity index (χ1v) is 13.2. The summed E-state index contributed by atoms with van der Waals surface area (Å²) < 4.78 is 0. The van der Waals surface area contributed by atoms with Crippen molar-refractivity contribution in [2.24, 2.45) is 11.5 Å². The highest BCUT2D eigenvalue weighted by Gasteiger charge is 2.30. The van der Waals surface area contributed by atoms with Crippen molar-refractivity contribution in [2.45, 2.75) is 62.7 Å². The number of H-pyrrole nitrogens is 1. The molecule has 214 valence electrons. The van der Waals surface area contributed by atoms with E-state index in [0.29, 0.717) is 31.4 Å². The van der Waals surface area contributed by atoms with Crippen LogP contribution in [0.5, 0.6) is 0 Å². The Morgan fingerprint density at radius 2 is 1.54 bits per heavy atom. The number of amides is 3. The van der Waals surface area contributed by atoms with Crippen LogP contribution in [-0.2, 0) is 30.4 Å². The summed E-state index contributed by atoms with van der Waals surface area (Å²) in [7, 11) is 0. The van der Waals surface area contributed by atoms with E-state index in [4.69, 9.17) is 16.6 Å². The fraction of sp³-hybridized carbons (Fsp3) is 0.480. The van der Waals surface area contributed by atoms with Crippen LogP contribution in [0.15, 0.2) is 30.5 Å². The highest BCUT2D eigenvalue weighted by atomic mass is 32.1. The van der Waals surface area contributed by atoms with Gasteiger partial charge in [0.05, 0.1) is 6.04 Å². The van der Waals surface area contributed by atoms with Crippen LogP contribution in [0.2, 0.25) is 0 Å². The van der Waals surface area contributed by atoms with Gasteiger partial charge in [-0.15, -0.1) is 0 Å². The number of aromatic nitrogens is 1. The molecule has 0 aliphatic heterocycles. The number of hydrogen-bond donors (Lipinski definition) is 9. The molecular weight excluding hydrogens is 528 g/mol. The molecule has 0 bridgehead atoms. The third kappa shape index (κ3) is 9.89. The second-order valence-corrected chi connectivity index (χ2v) is 9.46. The Balaban J connectivity index is 2.21. The predicted molar refractivity (Wildman–Crippen MR) is 147 cm³/mol. The molecule has 0 spiro atoms. The number of carboxylic acid groups (broad SMARTS) is 2. The Morgan fingerprint density at radius 3 is 2.18 bits per heavy atom. The average molecular weight is 565 g/mol. The summed E-state index contributed by atoms with van der Waals surface area (Å²) in [5.74, 6) is -4.82. The highest BCUT2D eigenvalue weighted by molar-refractivity contribution is 7.80. The third-order valence-electron chi connectivity index (χ3n) is 6.11. The summed E-state index contributed by atoms with van der Waals surface area (Å²) in [4.78, 5) is 64.5. The summed E-state index contributed by atoms with van der Waals surface area (Å²) >= 11 is 4.15. The Bertz CT molecular complexity index is 1160. The molecule has 0 fully saturated rings. The smallest absolute Gasteiger partial charge is 0.326 e. The molecular formula is C25H36N6O7S. The van der Waals surface area contributed by atoms with Crippen LogP contribution in [-0.4, -0.2) is 81.3 Å². The van der Waals surface area contributed by atoms with E-state index in [2.05, 4.69) is 33.6 Å². The van der Waals surface area contributed by atoms with Gasteiger partial charge in [0.15, 0.2) is 0 Å². The summed E-state index contributed by atoms with van der Waals surface area (Å²) in [6, 6.07) is 2.58. The van der Waals surface area contributed by atoms with E-state index in [1.165, 1.54) is 0 Å². The van der Waals surface area contributed by atoms with Gasteiger partial charge >= 0.3 is 11.9 Å². The van der Waals surface area contributed by atoms with Crippen molar-refractivity contribution in [3.63, 3.8) is 0 Å². The molecule has 0 saturated carbocycles. The second kappa shape index (κ2) is 15.7. The zero-order valence-electron chi connectivity index (χ0n) is 21.4. The van der Waals surface area contributed by atoms with Gasteiger partial charge in [-0.25, -0.2) is 4.79 Å². The molecule has 13 nitrogen and oxygen atoms in total. The maximum Gasteiger partial charge on any atom is 0.326 e. The lowest BCUT2D eigenvalue weighted by atomic mass is 10.0. The molecule has 0 aliphatic carbocycles. The summed E-state index contributed by atoms with van der Waals surface area (Å²) in [5.41, 5.74) is 12.8. The van der Waals surface area contributed by atoms with Gasteiger partial charge in [-0.3, -0.25) is 19.2 Å². The number of carbonyl (C=O) groups excluding carboxylic acids is 3. The van der Waals surface area contributed by atoms with Crippen LogP contribution in [0, 0.1) is 0 Å². The molecule has 10 N–H and O–H groups in total. The van der Waals surface area contributed by atoms with E-state index in [9.17, 15) is 29.1 Å². The molecule has 1 aromatic carbocycles. The van der Waals surface area contributed by atoms with E-state index in [0.717, 1.165) is 10.9 Å². The van der Waals surface area contributed by atoms with Crippen LogP contribution in [0.1, 0.15) is 37.7 Å². The lowest BCUT2D eigenvalue weighted by molar-refractivity contribution is -0.143. The van der Waals surface area contributed by atoms with Crippen LogP contribution < -0.4 is 27.4 Å². The van der Waals surface area contributed by atoms with E-state index >= 15 is 0 Å². The fourth-order valence-corrected chi connectivity index (χ4v) is 4.17. The third-order valence-corrected chi connectivity index (χ3v) is 6.48. The van der Waals surface area contributed by atoms with Gasteiger partial charge in [0.1, 0.15) is 18.1 Å². The topological polar surface area (TPSA) is 230 Å². The van der Waals surface area contributed by atoms with Gasteiger partial charge in [0, 0.05) is 35.7 Å². The maximum absolute atomic E-state index is 13.2. The number of nitrogens with one attached hydrogen (secondary N) is 4. The molecule has 4 atom stereocenters. The first kappa shape index (κ1) is 31.6. The van der Waals surface area contributed by atoms with E-state index in [1.807, 2.05) is 24.3 Å². The van der Waals surface area contributed by atoms with Crippen molar-refractivity contribution in [2.75, 3.05) is 12.3 Å². The first-order chi connectivity index (χ1) is 18.6. The van der Waals surface area contributed by atoms with E-state index < -0.39 is 60.2 Å². The molecule has 0 aliphatic rings. The van der Waals surface area contributed by atoms with Crippen LogP contribution in [0.3, 0.4) is 0 Å². The van der Waals surface area contributed by atoms with Crippen molar-refractivity contribution in [3.8, 4) is 0 Å². The van der Waals surface area contributed by atoms with Gasteiger partial charge < -0.3 is 42.6 Å². The molecule has 4 unspecified atom stereocenters. The number of thiol groups is 1. The van der Waals surface area contributed by atoms with Gasteiger partial charge in [0.2, 0.25) is 17.7 Å². The van der Waals surface area contributed by atoms with Gasteiger partial charge in [0.25, 0.3) is 0 Å². The van der Waals surface area contributed by atoms with E-state index in [1.54, 1.807) is 6.20 Å². The van der Waals surface area contributed by atoms with Crippen molar-refractivity contribution >= 4 is 53.2 Å². The SMILES string of the molecule is NCCCCC(N)C(=O)NC(CS)C(=O)NC(Cc1c[nH]c2ccccc12)C(=O)NC(CCC(=O)O)C(=O)O. The maximum atomic E-state index is 13.2. The molecule has 3 amide bonds. The van der Waals surface area contributed by atoms with Crippen molar-refractivity contribution in [1.82, 2.24) is 20.9 Å². The molecule has 0 saturated heterocycles. The van der Waals surface area contributed by atoms with Gasteiger partial charge in [-0.2, -0.15) is 12.6 Å². The quantitative estimate of drug-likeness (QED) is 0.0889. The standard InChI is InChI=1S/C25H36N6O7S/c26-10-4-3-6-16(27)22(34)31-20(13-39)24(36)30-19(11-14-12-28-17-7-2-1-5-15(14)17)23(35)29-18(25(37)38)8-9-21(32)33/h1-2,5,7,12,16,18-20,28,39H,3-4,6,8-11,13,26-27H2,(H,29,35)(H,30,36)(H,31,34)(H,32,33)(H,37,38). The van der Waals surface area contributed by atoms with Gasteiger partial charge in [-0.05, 0) is 37.4 Å². The van der Waals surface area contributed by atoms with E-state index in [-0.39, 0.29) is 18.6 Å². The summed E-state index contributed by atoms with van der Waals surface area (Å²) in [5, 5.41) is 26.6. The molecule has 0 radical (unpaired) electrons. The molecule has 39 heavy (non-hydrogen) atoms. The Labute approximate surface area is 230 Å². The van der Waals surface area contributed by atoms with Crippen LogP contribution >= 0.6 is 12.6 Å². The van der Waals surface area contributed by atoms with Crippen LogP contribution in [0.25, 0.3) is 10.9 Å². The molecule has 2 rings (SSSR count). The minimum atomic E-state index is -1.48. The van der Waals surface area contributed by atoms with Crippen molar-refractivity contribution in [3.05, 3.63) is 36.0 Å². The minimum Gasteiger partial charge on any atom is -0.481 e. The first-order valence-electron chi connectivity index (χ1n) is 12.5. The Kier molecular flexibility index (Phi) is 12.7. The zero-order valence-corrected chi connectivity index (χ0v) is 22.3. The van der Waals surface area contributed by atoms with Gasteiger partial charge in [-0.1, -0.05) is 24.6 Å². The molecule has 1 heterocycles. The molecule has 2 aromatic rings. The van der Waals surface area contributed by atoms with Crippen molar-refractivity contribution < 1.29 is 34.2 Å². The normalized spacial score (nSPS) is 14.1. The minimum absolute atomic E-state index is 0.0152. The average Bonchev–Trinajstić information content (AvgIpc) is 3.31. The Hall–Kier alpha value is -3.62. The van der Waals surface area contributed by atoms with Crippen molar-refractivity contribution in [1.29, 1.82) is 0 Å². The number of hydrogen-bond acceptors (Lipinski definition) is 8. The number of carbonyl (C=O) groups is 5. The highest BCUT2D eigenvalue weighted by Crippen LogP contribution is 2.19. The number of nitrogens with two attached hydrogens (primary N) is 2.